The Morgan fingerprint density at radius 2 is 1.90 bits per heavy atom. The number of rotatable bonds is 4. The van der Waals surface area contributed by atoms with E-state index < -0.39 is 12.2 Å². The summed E-state index contributed by atoms with van der Waals surface area (Å²) < 4.78 is 0. The fraction of sp³-hybridized carbons (Fsp3) is 0.517. The third-order valence-electron chi connectivity index (χ3n) is 8.33. The van der Waals surface area contributed by atoms with Gasteiger partial charge in [0.15, 0.2) is 0 Å². The van der Waals surface area contributed by atoms with Crippen LogP contribution in [0.5, 0.6) is 0 Å². The van der Waals surface area contributed by atoms with Gasteiger partial charge in [-0.05, 0) is 78.4 Å². The molecule has 1 aromatic rings. The molecule has 3 aliphatic rings. The summed E-state index contributed by atoms with van der Waals surface area (Å²) in [4.78, 5) is 0. The summed E-state index contributed by atoms with van der Waals surface area (Å²) in [5.41, 5.74) is 4.99. The molecule has 3 aliphatic carbocycles. The predicted molar refractivity (Wildman–Crippen MR) is 129 cm³/mol. The highest BCUT2D eigenvalue weighted by molar-refractivity contribution is 5.49. The maximum Gasteiger partial charge on any atom is 0.0811 e. The smallest absolute Gasteiger partial charge is 0.0811 e. The Labute approximate surface area is 188 Å². The topological polar surface area (TPSA) is 40.5 Å². The SMILES string of the molecule is C=C1/C(=C\C=C2/CCC[C@]3(C)[C@@H](C(C)/C=C\c4ccccc4)CC[C@@H]23)C[C@@H](O)C[C@@H]1O. The van der Waals surface area contributed by atoms with E-state index in [9.17, 15) is 10.2 Å². The lowest BCUT2D eigenvalue weighted by atomic mass is 9.61. The zero-order valence-electron chi connectivity index (χ0n) is 19.1. The van der Waals surface area contributed by atoms with Crippen LogP contribution in [0.25, 0.3) is 6.08 Å². The number of aliphatic hydroxyl groups excluding tert-OH is 2. The van der Waals surface area contributed by atoms with Crippen LogP contribution in [0.15, 0.2) is 71.9 Å². The van der Waals surface area contributed by atoms with Crippen LogP contribution >= 0.6 is 0 Å². The number of aliphatic hydroxyl groups is 2. The Balaban J connectivity index is 1.51. The zero-order chi connectivity index (χ0) is 22.0. The summed E-state index contributed by atoms with van der Waals surface area (Å²) >= 11 is 0. The first-order valence-corrected chi connectivity index (χ1v) is 12.1. The minimum absolute atomic E-state index is 0.353. The van der Waals surface area contributed by atoms with Gasteiger partial charge in [0.25, 0.3) is 0 Å². The highest BCUT2D eigenvalue weighted by Crippen LogP contribution is 2.59. The highest BCUT2D eigenvalue weighted by atomic mass is 16.3. The number of hydrogen-bond donors (Lipinski definition) is 2. The van der Waals surface area contributed by atoms with Crippen LogP contribution in [0.1, 0.15) is 64.4 Å². The third-order valence-corrected chi connectivity index (χ3v) is 8.33. The molecule has 4 rings (SSSR count). The Morgan fingerprint density at radius 1 is 1.13 bits per heavy atom. The van der Waals surface area contributed by atoms with Crippen molar-refractivity contribution in [2.24, 2.45) is 23.2 Å². The number of hydrogen-bond acceptors (Lipinski definition) is 2. The van der Waals surface area contributed by atoms with Gasteiger partial charge in [-0.15, -0.1) is 0 Å². The molecule has 0 saturated heterocycles. The Kier molecular flexibility index (Phi) is 6.69. The summed E-state index contributed by atoms with van der Waals surface area (Å²) in [6.45, 7) is 8.99. The normalized spacial score (nSPS) is 37.5. The van der Waals surface area contributed by atoms with Gasteiger partial charge in [-0.25, -0.2) is 0 Å². The fourth-order valence-corrected chi connectivity index (χ4v) is 6.57. The molecule has 0 aromatic heterocycles. The van der Waals surface area contributed by atoms with Crippen molar-refractivity contribution in [3.8, 4) is 0 Å². The van der Waals surface area contributed by atoms with E-state index in [0.29, 0.717) is 36.0 Å². The van der Waals surface area contributed by atoms with Crippen LogP contribution in [0.3, 0.4) is 0 Å². The first-order chi connectivity index (χ1) is 14.9. The molecule has 0 spiro atoms. The molecular formula is C29H38O2. The van der Waals surface area contributed by atoms with E-state index in [1.54, 1.807) is 5.57 Å². The lowest BCUT2D eigenvalue weighted by Gasteiger charge is -2.44. The van der Waals surface area contributed by atoms with Crippen LogP contribution < -0.4 is 0 Å². The molecule has 6 atom stereocenters. The van der Waals surface area contributed by atoms with Crippen LogP contribution in [0.2, 0.25) is 0 Å². The van der Waals surface area contributed by atoms with Gasteiger partial charge in [0.05, 0.1) is 12.2 Å². The monoisotopic (exact) mass is 418 g/mol. The largest absolute Gasteiger partial charge is 0.393 e. The summed E-state index contributed by atoms with van der Waals surface area (Å²) in [6, 6.07) is 10.6. The number of allylic oxidation sites excluding steroid dienone is 4. The van der Waals surface area contributed by atoms with Crippen molar-refractivity contribution in [1.29, 1.82) is 0 Å². The fourth-order valence-electron chi connectivity index (χ4n) is 6.57. The van der Waals surface area contributed by atoms with Gasteiger partial charge in [0.1, 0.15) is 0 Å². The van der Waals surface area contributed by atoms with E-state index in [0.717, 1.165) is 11.1 Å². The van der Waals surface area contributed by atoms with Crippen LogP contribution in [-0.2, 0) is 0 Å². The van der Waals surface area contributed by atoms with Crippen molar-refractivity contribution in [3.63, 3.8) is 0 Å². The molecular weight excluding hydrogens is 380 g/mol. The van der Waals surface area contributed by atoms with Gasteiger partial charge in [-0.1, -0.05) is 80.6 Å². The van der Waals surface area contributed by atoms with Crippen LogP contribution in [0, 0.1) is 23.2 Å². The quantitative estimate of drug-likeness (QED) is 0.588. The third kappa shape index (κ3) is 4.66. The molecule has 2 nitrogen and oxygen atoms in total. The van der Waals surface area contributed by atoms with E-state index >= 15 is 0 Å². The number of fused-ring (bicyclic) bond motifs is 1. The van der Waals surface area contributed by atoms with Crippen molar-refractivity contribution in [3.05, 3.63) is 77.4 Å². The van der Waals surface area contributed by atoms with E-state index in [1.807, 2.05) is 0 Å². The van der Waals surface area contributed by atoms with Crippen molar-refractivity contribution in [1.82, 2.24) is 0 Å². The average molecular weight is 419 g/mol. The molecule has 1 aromatic carbocycles. The number of benzene rings is 1. The van der Waals surface area contributed by atoms with Crippen molar-refractivity contribution in [2.45, 2.75) is 71.0 Å². The molecule has 0 heterocycles. The molecule has 2 N–H and O–H groups in total. The molecule has 1 unspecified atom stereocenters. The molecule has 0 amide bonds. The summed E-state index contributed by atoms with van der Waals surface area (Å²) in [7, 11) is 0. The Morgan fingerprint density at radius 3 is 2.68 bits per heavy atom. The molecule has 2 heteroatoms. The minimum Gasteiger partial charge on any atom is -0.393 e. The second-order valence-corrected chi connectivity index (χ2v) is 10.3. The second-order valence-electron chi connectivity index (χ2n) is 10.3. The molecule has 31 heavy (non-hydrogen) atoms. The second kappa shape index (κ2) is 9.30. The van der Waals surface area contributed by atoms with Gasteiger partial charge < -0.3 is 10.2 Å². The summed E-state index contributed by atoms with van der Waals surface area (Å²) in [6.07, 6.45) is 15.4. The van der Waals surface area contributed by atoms with Gasteiger partial charge in [0.2, 0.25) is 0 Å². The van der Waals surface area contributed by atoms with Crippen molar-refractivity contribution in [2.75, 3.05) is 0 Å². The Bertz CT molecular complexity index is 877. The van der Waals surface area contributed by atoms with E-state index in [4.69, 9.17) is 0 Å². The van der Waals surface area contributed by atoms with E-state index in [2.05, 4.69) is 75.1 Å². The molecule has 166 valence electrons. The molecule has 0 radical (unpaired) electrons. The maximum absolute atomic E-state index is 10.1. The average Bonchev–Trinajstić information content (AvgIpc) is 3.12. The van der Waals surface area contributed by atoms with Crippen molar-refractivity contribution >= 4 is 6.08 Å². The standard InChI is InChI=1S/C29H38O2/c1-20(11-12-22-8-5-4-6-9-22)26-15-16-27-23(10-7-17-29(26,27)3)13-14-24-18-25(30)19-28(31)21(24)2/h4-6,8-9,11-14,20,25-28,30-31H,2,7,10,15-19H2,1,3H3/b12-11-,23-13+,24-14-/t20?,25-,26-,27+,28+,29-/m1/s1. The first kappa shape index (κ1) is 22.3. The zero-order valence-corrected chi connectivity index (χ0v) is 19.1. The van der Waals surface area contributed by atoms with Gasteiger partial charge in [0, 0.05) is 6.42 Å². The molecule has 0 aliphatic heterocycles. The lowest BCUT2D eigenvalue weighted by molar-refractivity contribution is 0.0862. The lowest BCUT2D eigenvalue weighted by Crippen LogP contribution is -2.35. The summed E-state index contributed by atoms with van der Waals surface area (Å²) in [5.74, 6) is 1.92. The van der Waals surface area contributed by atoms with E-state index in [1.165, 1.54) is 37.7 Å². The predicted octanol–water partition coefficient (Wildman–Crippen LogP) is 6.48. The van der Waals surface area contributed by atoms with Gasteiger partial charge in [-0.3, -0.25) is 0 Å². The van der Waals surface area contributed by atoms with Gasteiger partial charge >= 0.3 is 0 Å². The molecule has 0 bridgehead atoms. The maximum atomic E-state index is 10.1. The summed E-state index contributed by atoms with van der Waals surface area (Å²) in [5, 5.41) is 20.2. The van der Waals surface area contributed by atoms with Gasteiger partial charge in [-0.2, -0.15) is 0 Å². The van der Waals surface area contributed by atoms with Crippen LogP contribution in [0.4, 0.5) is 0 Å². The first-order valence-electron chi connectivity index (χ1n) is 12.1. The Hall–Kier alpha value is -1.90. The molecule has 3 saturated carbocycles. The minimum atomic E-state index is -0.613. The molecule has 3 fully saturated rings. The van der Waals surface area contributed by atoms with Crippen molar-refractivity contribution < 1.29 is 10.2 Å². The van der Waals surface area contributed by atoms with E-state index in [-0.39, 0.29) is 0 Å². The van der Waals surface area contributed by atoms with Crippen LogP contribution in [-0.4, -0.2) is 22.4 Å². The highest BCUT2D eigenvalue weighted by Gasteiger charge is 2.50.